The molecule has 1 aliphatic carbocycles. The quantitative estimate of drug-likeness (QED) is 0.894. The highest BCUT2D eigenvalue weighted by atomic mass is 16.4. The molecule has 2 unspecified atom stereocenters. The van der Waals surface area contributed by atoms with Crippen LogP contribution in [-0.4, -0.2) is 44.8 Å². The summed E-state index contributed by atoms with van der Waals surface area (Å²) in [5.41, 5.74) is 1.21. The van der Waals surface area contributed by atoms with E-state index in [1.807, 2.05) is 9.58 Å². The third-order valence-corrected chi connectivity index (χ3v) is 6.13. The molecule has 1 saturated heterocycles. The third-order valence-electron chi connectivity index (χ3n) is 6.13. The molecule has 1 amide bonds. The summed E-state index contributed by atoms with van der Waals surface area (Å²) < 4.78 is 1.83. The zero-order valence-electron chi connectivity index (χ0n) is 16.4. The number of amides is 1. The first-order valence-electron chi connectivity index (χ1n) is 9.74. The summed E-state index contributed by atoms with van der Waals surface area (Å²) in [6, 6.07) is 0.175. The lowest BCUT2D eigenvalue weighted by atomic mass is 9.67. The fraction of sp³-hybridized carbons (Fsp3) is 0.750. The van der Waals surface area contributed by atoms with Gasteiger partial charge in [0, 0.05) is 19.0 Å². The van der Waals surface area contributed by atoms with Crippen molar-refractivity contribution in [1.29, 1.82) is 0 Å². The van der Waals surface area contributed by atoms with Crippen LogP contribution in [0.4, 0.5) is 0 Å². The number of carbonyl (C=O) groups is 2. The average Bonchev–Trinajstić information content (AvgIpc) is 2.94. The number of aromatic nitrogens is 2. The van der Waals surface area contributed by atoms with Gasteiger partial charge in [-0.25, -0.2) is 4.79 Å². The Labute approximate surface area is 155 Å². The number of rotatable bonds is 3. The second kappa shape index (κ2) is 7.05. The number of carbonyl (C=O) groups excluding carboxylic acids is 1. The van der Waals surface area contributed by atoms with Crippen molar-refractivity contribution >= 4 is 11.9 Å². The van der Waals surface area contributed by atoms with Gasteiger partial charge >= 0.3 is 5.97 Å². The van der Waals surface area contributed by atoms with Crippen LogP contribution in [0.3, 0.4) is 0 Å². The molecule has 0 aromatic carbocycles. The number of carboxylic acid groups (broad SMARTS) is 1. The summed E-state index contributed by atoms with van der Waals surface area (Å²) in [5, 5.41) is 13.5. The zero-order valence-corrected chi connectivity index (χ0v) is 16.4. The number of aromatic carboxylic acids is 1. The molecule has 26 heavy (non-hydrogen) atoms. The van der Waals surface area contributed by atoms with E-state index in [2.05, 4.69) is 25.9 Å². The second-order valence-electron chi connectivity index (χ2n) is 9.06. The van der Waals surface area contributed by atoms with Crippen LogP contribution in [0.15, 0.2) is 6.20 Å². The third kappa shape index (κ3) is 3.79. The van der Waals surface area contributed by atoms with Gasteiger partial charge in [-0.1, -0.05) is 20.8 Å². The van der Waals surface area contributed by atoms with Crippen LogP contribution in [-0.2, 0) is 4.79 Å². The predicted octanol–water partition coefficient (Wildman–Crippen LogP) is 3.52. The van der Waals surface area contributed by atoms with Crippen LogP contribution in [0.25, 0.3) is 0 Å². The molecule has 1 N–H and O–H groups in total. The molecule has 6 nitrogen and oxygen atoms in total. The lowest BCUT2D eigenvalue weighted by Crippen LogP contribution is -2.45. The molecule has 3 rings (SSSR count). The fourth-order valence-corrected chi connectivity index (χ4v) is 5.12. The smallest absolute Gasteiger partial charge is 0.339 e. The van der Waals surface area contributed by atoms with E-state index in [0.29, 0.717) is 17.5 Å². The molecule has 6 heteroatoms. The van der Waals surface area contributed by atoms with Crippen molar-refractivity contribution in [3.8, 4) is 0 Å². The van der Waals surface area contributed by atoms with Crippen LogP contribution in [0, 0.1) is 24.2 Å². The molecule has 0 bridgehead atoms. The normalized spacial score (nSPS) is 26.7. The Hall–Kier alpha value is -1.85. The van der Waals surface area contributed by atoms with E-state index in [1.54, 1.807) is 6.92 Å². The van der Waals surface area contributed by atoms with Gasteiger partial charge in [-0.2, -0.15) is 5.10 Å². The molecule has 2 aliphatic rings. The molecule has 1 aliphatic heterocycles. The van der Waals surface area contributed by atoms with E-state index in [4.69, 9.17) is 0 Å². The van der Waals surface area contributed by atoms with Crippen LogP contribution in [0.1, 0.15) is 75.0 Å². The number of hydrogen-bond donors (Lipinski definition) is 1. The standard InChI is InChI=1S/C20H31N3O3/c1-13-9-15(11-20(3,4)10-13)18(24)22-7-5-16(6-8-22)23-14(2)17(12-21-23)19(25)26/h12-13,15-16H,5-11H2,1-4H3,(H,25,26). The van der Waals surface area contributed by atoms with Crippen LogP contribution >= 0.6 is 0 Å². The number of hydrogen-bond acceptors (Lipinski definition) is 3. The maximum absolute atomic E-state index is 13.0. The minimum Gasteiger partial charge on any atom is -0.478 e. The van der Waals surface area contributed by atoms with Crippen LogP contribution in [0.2, 0.25) is 0 Å². The van der Waals surface area contributed by atoms with Gasteiger partial charge in [-0.3, -0.25) is 9.48 Å². The maximum Gasteiger partial charge on any atom is 0.339 e. The van der Waals surface area contributed by atoms with E-state index in [1.165, 1.54) is 12.6 Å². The highest BCUT2D eigenvalue weighted by molar-refractivity contribution is 5.88. The minimum atomic E-state index is -0.935. The van der Waals surface area contributed by atoms with Crippen molar-refractivity contribution < 1.29 is 14.7 Å². The van der Waals surface area contributed by atoms with Crippen molar-refractivity contribution in [3.05, 3.63) is 17.5 Å². The van der Waals surface area contributed by atoms with E-state index in [-0.39, 0.29) is 22.9 Å². The summed E-state index contributed by atoms with van der Waals surface area (Å²) >= 11 is 0. The van der Waals surface area contributed by atoms with Crippen molar-refractivity contribution in [2.24, 2.45) is 17.3 Å². The predicted molar refractivity (Wildman–Crippen MR) is 99.1 cm³/mol. The maximum atomic E-state index is 13.0. The molecule has 2 atom stereocenters. The topological polar surface area (TPSA) is 75.4 Å². The van der Waals surface area contributed by atoms with Gasteiger partial charge in [-0.15, -0.1) is 0 Å². The summed E-state index contributed by atoms with van der Waals surface area (Å²) in [6.07, 6.45) is 6.28. The Morgan fingerprint density at radius 1 is 1.23 bits per heavy atom. The molecule has 1 saturated carbocycles. The Bertz CT molecular complexity index is 686. The van der Waals surface area contributed by atoms with Crippen LogP contribution < -0.4 is 0 Å². The fourth-order valence-electron chi connectivity index (χ4n) is 5.12. The highest BCUT2D eigenvalue weighted by Crippen LogP contribution is 2.42. The van der Waals surface area contributed by atoms with E-state index in [9.17, 15) is 14.7 Å². The first-order chi connectivity index (χ1) is 12.2. The van der Waals surface area contributed by atoms with E-state index >= 15 is 0 Å². The largest absolute Gasteiger partial charge is 0.478 e. The Kier molecular flexibility index (Phi) is 5.13. The SMILES string of the molecule is Cc1c(C(=O)O)cnn1C1CCN(C(=O)C2CC(C)CC(C)(C)C2)CC1. The Balaban J connectivity index is 1.61. The van der Waals surface area contributed by atoms with Crippen molar-refractivity contribution in [3.63, 3.8) is 0 Å². The van der Waals surface area contributed by atoms with Gasteiger partial charge < -0.3 is 10.0 Å². The van der Waals surface area contributed by atoms with Gasteiger partial charge in [0.15, 0.2) is 0 Å². The van der Waals surface area contributed by atoms with Crippen molar-refractivity contribution in [1.82, 2.24) is 14.7 Å². The Morgan fingerprint density at radius 3 is 2.42 bits per heavy atom. The van der Waals surface area contributed by atoms with Crippen molar-refractivity contribution in [2.75, 3.05) is 13.1 Å². The summed E-state index contributed by atoms with van der Waals surface area (Å²) in [5.74, 6) is 0.128. The van der Waals surface area contributed by atoms with Gasteiger partial charge in [0.05, 0.1) is 17.9 Å². The van der Waals surface area contributed by atoms with E-state index < -0.39 is 5.97 Å². The van der Waals surface area contributed by atoms with Crippen molar-refractivity contribution in [2.45, 2.75) is 65.8 Å². The lowest BCUT2D eigenvalue weighted by Gasteiger charge is -2.41. The van der Waals surface area contributed by atoms with Gasteiger partial charge in [0.1, 0.15) is 5.56 Å². The summed E-state index contributed by atoms with van der Waals surface area (Å²) in [6.45, 7) is 10.1. The van der Waals surface area contributed by atoms with Gasteiger partial charge in [-0.05, 0) is 50.4 Å². The Morgan fingerprint density at radius 2 is 1.88 bits per heavy atom. The first kappa shape index (κ1) is 18.9. The second-order valence-corrected chi connectivity index (χ2v) is 9.06. The molecule has 144 valence electrons. The van der Waals surface area contributed by atoms with Gasteiger partial charge in [0.25, 0.3) is 0 Å². The lowest BCUT2D eigenvalue weighted by molar-refractivity contribution is -0.140. The molecule has 2 heterocycles. The van der Waals surface area contributed by atoms with Gasteiger partial charge in [0.2, 0.25) is 5.91 Å². The molecule has 0 spiro atoms. The number of nitrogens with zero attached hydrogens (tertiary/aromatic N) is 3. The molecule has 1 aromatic heterocycles. The number of carboxylic acids is 1. The van der Waals surface area contributed by atoms with E-state index in [0.717, 1.165) is 38.8 Å². The molecule has 0 radical (unpaired) electrons. The minimum absolute atomic E-state index is 0.148. The average molecular weight is 361 g/mol. The molecule has 2 fully saturated rings. The highest BCUT2D eigenvalue weighted by Gasteiger charge is 2.38. The summed E-state index contributed by atoms with van der Waals surface area (Å²) in [4.78, 5) is 26.2. The van der Waals surface area contributed by atoms with Crippen LogP contribution in [0.5, 0.6) is 0 Å². The molecule has 1 aromatic rings. The monoisotopic (exact) mass is 361 g/mol. The molecular formula is C20H31N3O3. The summed E-state index contributed by atoms with van der Waals surface area (Å²) in [7, 11) is 0. The number of piperidine rings is 1. The zero-order chi connectivity index (χ0) is 19.1. The number of likely N-dealkylation sites (tertiary alicyclic amines) is 1. The molecular weight excluding hydrogens is 330 g/mol. The first-order valence-corrected chi connectivity index (χ1v) is 9.74.